The summed E-state index contributed by atoms with van der Waals surface area (Å²) in [7, 11) is 0. The van der Waals surface area contributed by atoms with Gasteiger partial charge in [0.05, 0.1) is 12.9 Å². The van der Waals surface area contributed by atoms with Crippen LogP contribution in [0.2, 0.25) is 0 Å². The zero-order chi connectivity index (χ0) is 15.1. The summed E-state index contributed by atoms with van der Waals surface area (Å²) in [6, 6.07) is 0.457. The van der Waals surface area contributed by atoms with E-state index in [-0.39, 0.29) is 18.5 Å². The van der Waals surface area contributed by atoms with E-state index >= 15 is 0 Å². The van der Waals surface area contributed by atoms with Crippen LogP contribution in [0.5, 0.6) is 0 Å². The fourth-order valence-electron chi connectivity index (χ4n) is 2.79. The van der Waals surface area contributed by atoms with Crippen molar-refractivity contribution in [2.75, 3.05) is 17.7 Å². The van der Waals surface area contributed by atoms with Crippen LogP contribution in [0.1, 0.15) is 38.8 Å². The topological polar surface area (TPSA) is 100 Å². The molecule has 0 unspecified atom stereocenters. The highest BCUT2D eigenvalue weighted by Gasteiger charge is 2.28. The molecular weight excluding hydrogens is 284 g/mol. The molecule has 0 spiro atoms. The van der Waals surface area contributed by atoms with Gasteiger partial charge in [-0.3, -0.25) is 4.57 Å². The molecule has 0 radical (unpaired) electrons. The molecule has 8 nitrogen and oxygen atoms in total. The van der Waals surface area contributed by atoms with Crippen molar-refractivity contribution in [2.24, 2.45) is 0 Å². The monoisotopic (exact) mass is 304 g/mol. The van der Waals surface area contributed by atoms with Gasteiger partial charge >= 0.3 is 0 Å². The second-order valence-corrected chi connectivity index (χ2v) is 5.79. The molecule has 3 heterocycles. The fourth-order valence-corrected chi connectivity index (χ4v) is 2.79. The highest BCUT2D eigenvalue weighted by molar-refractivity contribution is 5.84. The largest absolute Gasteiger partial charge is 0.368 e. The second kappa shape index (κ2) is 5.36. The van der Waals surface area contributed by atoms with Gasteiger partial charge in [0.15, 0.2) is 29.5 Å². The summed E-state index contributed by atoms with van der Waals surface area (Å²) in [5.41, 5.74) is 7.27. The molecule has 3 N–H and O–H groups in total. The van der Waals surface area contributed by atoms with Gasteiger partial charge in [-0.1, -0.05) is 6.92 Å². The zero-order valence-corrected chi connectivity index (χ0v) is 12.5. The molecule has 1 saturated carbocycles. The Morgan fingerprint density at radius 1 is 1.41 bits per heavy atom. The first-order valence-corrected chi connectivity index (χ1v) is 7.78. The van der Waals surface area contributed by atoms with Gasteiger partial charge < -0.3 is 20.5 Å². The third-order valence-corrected chi connectivity index (χ3v) is 4.26. The van der Waals surface area contributed by atoms with E-state index in [1.54, 1.807) is 6.33 Å². The van der Waals surface area contributed by atoms with Crippen LogP contribution in [0.4, 0.5) is 11.8 Å². The first kappa shape index (κ1) is 13.7. The molecule has 1 aliphatic carbocycles. The van der Waals surface area contributed by atoms with Gasteiger partial charge in [-0.2, -0.15) is 9.97 Å². The van der Waals surface area contributed by atoms with E-state index < -0.39 is 0 Å². The van der Waals surface area contributed by atoms with Crippen molar-refractivity contribution in [3.05, 3.63) is 6.33 Å². The van der Waals surface area contributed by atoms with E-state index in [1.807, 2.05) is 11.5 Å². The van der Waals surface area contributed by atoms with Gasteiger partial charge in [0.25, 0.3) is 0 Å². The summed E-state index contributed by atoms with van der Waals surface area (Å²) in [6.07, 6.45) is 5.70. The van der Waals surface area contributed by atoms with Crippen molar-refractivity contribution >= 4 is 22.9 Å². The average Bonchev–Trinajstić information content (AvgIpc) is 3.08. The van der Waals surface area contributed by atoms with E-state index in [2.05, 4.69) is 20.3 Å². The Morgan fingerprint density at radius 3 is 2.95 bits per heavy atom. The van der Waals surface area contributed by atoms with Gasteiger partial charge in [0.2, 0.25) is 5.95 Å². The Hall–Kier alpha value is -1.93. The zero-order valence-electron chi connectivity index (χ0n) is 12.5. The van der Waals surface area contributed by atoms with E-state index in [9.17, 15) is 0 Å². The van der Waals surface area contributed by atoms with Crippen molar-refractivity contribution in [2.45, 2.75) is 51.2 Å². The van der Waals surface area contributed by atoms with Gasteiger partial charge in [-0.15, -0.1) is 0 Å². The summed E-state index contributed by atoms with van der Waals surface area (Å²) in [5, 5.41) is 3.41. The van der Waals surface area contributed by atoms with Crippen LogP contribution < -0.4 is 11.1 Å². The highest BCUT2D eigenvalue weighted by atomic mass is 16.7. The SMILES string of the molecule is CC[C@@H]1OC[C@H](n2cnc3c(NC4CCC4)nc(N)nc32)O1. The van der Waals surface area contributed by atoms with Gasteiger partial charge in [0.1, 0.15) is 0 Å². The standard InChI is InChI=1S/C14H20N6O2/c1-2-10-21-6-9(22-10)20-7-16-11-12(17-8-4-3-5-8)18-14(15)19-13(11)20/h7-10H,2-6H2,1H3,(H3,15,17,18,19)/t9-,10-/m1/s1. The number of anilines is 2. The van der Waals surface area contributed by atoms with Crippen LogP contribution in [0.3, 0.4) is 0 Å². The van der Waals surface area contributed by atoms with Crippen LogP contribution in [0.25, 0.3) is 11.2 Å². The van der Waals surface area contributed by atoms with Crippen molar-refractivity contribution in [1.82, 2.24) is 19.5 Å². The molecule has 2 aromatic heterocycles. The third-order valence-electron chi connectivity index (χ3n) is 4.26. The smallest absolute Gasteiger partial charge is 0.224 e. The molecule has 1 saturated heterocycles. The lowest BCUT2D eigenvalue weighted by Crippen LogP contribution is -2.27. The number of nitrogens with one attached hydrogen (secondary N) is 1. The Morgan fingerprint density at radius 2 is 2.27 bits per heavy atom. The molecule has 22 heavy (non-hydrogen) atoms. The van der Waals surface area contributed by atoms with E-state index in [0.717, 1.165) is 24.8 Å². The third kappa shape index (κ3) is 2.28. The number of ether oxygens (including phenoxy) is 2. The Kier molecular flexibility index (Phi) is 3.34. The number of aromatic nitrogens is 4. The number of nitrogens with two attached hydrogens (primary N) is 1. The molecule has 8 heteroatoms. The minimum absolute atomic E-state index is 0.172. The van der Waals surface area contributed by atoms with Crippen molar-refractivity contribution in [3.63, 3.8) is 0 Å². The molecule has 2 atom stereocenters. The van der Waals surface area contributed by atoms with E-state index in [1.165, 1.54) is 6.42 Å². The highest BCUT2D eigenvalue weighted by Crippen LogP contribution is 2.30. The molecule has 4 rings (SSSR count). The Labute approximate surface area is 128 Å². The van der Waals surface area contributed by atoms with Crippen LogP contribution in [0, 0.1) is 0 Å². The molecule has 2 aromatic rings. The maximum absolute atomic E-state index is 5.86. The van der Waals surface area contributed by atoms with Crippen LogP contribution in [0.15, 0.2) is 6.33 Å². The van der Waals surface area contributed by atoms with Crippen molar-refractivity contribution in [3.8, 4) is 0 Å². The fraction of sp³-hybridized carbons (Fsp3) is 0.643. The minimum Gasteiger partial charge on any atom is -0.368 e. The first-order chi connectivity index (χ1) is 10.7. The normalized spacial score (nSPS) is 25.5. The molecule has 1 aliphatic heterocycles. The van der Waals surface area contributed by atoms with Crippen molar-refractivity contribution < 1.29 is 9.47 Å². The lowest BCUT2D eigenvalue weighted by molar-refractivity contribution is -0.0715. The quantitative estimate of drug-likeness (QED) is 0.885. The Bertz CT molecular complexity index is 683. The van der Waals surface area contributed by atoms with Crippen LogP contribution >= 0.6 is 0 Å². The number of hydrogen-bond acceptors (Lipinski definition) is 7. The summed E-state index contributed by atoms with van der Waals surface area (Å²) >= 11 is 0. The Balaban J connectivity index is 1.68. The molecule has 0 aromatic carbocycles. The predicted octanol–water partition coefficient (Wildman–Crippen LogP) is 1.65. The average molecular weight is 304 g/mol. The summed E-state index contributed by atoms with van der Waals surface area (Å²) in [5.74, 6) is 0.943. The summed E-state index contributed by atoms with van der Waals surface area (Å²) in [4.78, 5) is 13.1. The predicted molar refractivity (Wildman–Crippen MR) is 81.2 cm³/mol. The number of nitrogen functional groups attached to an aromatic ring is 1. The number of hydrogen-bond donors (Lipinski definition) is 2. The minimum atomic E-state index is -0.221. The number of imidazole rings is 1. The number of nitrogens with zero attached hydrogens (tertiary/aromatic N) is 4. The molecule has 118 valence electrons. The van der Waals surface area contributed by atoms with E-state index in [4.69, 9.17) is 15.2 Å². The molecule has 0 amide bonds. The lowest BCUT2D eigenvalue weighted by atomic mass is 9.93. The molecular formula is C14H20N6O2. The molecule has 2 aliphatic rings. The number of fused-ring (bicyclic) bond motifs is 1. The lowest BCUT2D eigenvalue weighted by Gasteiger charge is -2.26. The van der Waals surface area contributed by atoms with Gasteiger partial charge in [-0.05, 0) is 25.7 Å². The summed E-state index contributed by atoms with van der Waals surface area (Å²) in [6.45, 7) is 2.51. The van der Waals surface area contributed by atoms with Gasteiger partial charge in [-0.25, -0.2) is 4.98 Å². The maximum Gasteiger partial charge on any atom is 0.224 e. The van der Waals surface area contributed by atoms with Crippen LogP contribution in [-0.4, -0.2) is 38.5 Å². The van der Waals surface area contributed by atoms with Crippen LogP contribution in [-0.2, 0) is 9.47 Å². The first-order valence-electron chi connectivity index (χ1n) is 7.78. The number of rotatable bonds is 4. The molecule has 2 fully saturated rings. The second-order valence-electron chi connectivity index (χ2n) is 5.79. The van der Waals surface area contributed by atoms with Gasteiger partial charge in [0, 0.05) is 6.04 Å². The summed E-state index contributed by atoms with van der Waals surface area (Å²) < 4.78 is 13.3. The maximum atomic E-state index is 5.86. The van der Waals surface area contributed by atoms with E-state index in [0.29, 0.717) is 24.1 Å². The molecule has 0 bridgehead atoms. The van der Waals surface area contributed by atoms with Crippen molar-refractivity contribution in [1.29, 1.82) is 0 Å².